The van der Waals surface area contributed by atoms with Gasteiger partial charge in [0.1, 0.15) is 5.75 Å². The predicted octanol–water partition coefficient (Wildman–Crippen LogP) is 2.51. The van der Waals surface area contributed by atoms with E-state index in [4.69, 9.17) is 9.47 Å². The van der Waals surface area contributed by atoms with Gasteiger partial charge in [0.25, 0.3) is 0 Å². The molecule has 4 heteroatoms. The minimum absolute atomic E-state index is 0.0417. The number of hydrogen-bond donors (Lipinski definition) is 2. The van der Waals surface area contributed by atoms with Gasteiger partial charge in [0.2, 0.25) is 5.75 Å². The second-order valence-corrected chi connectivity index (χ2v) is 4.03. The summed E-state index contributed by atoms with van der Waals surface area (Å²) in [6, 6.07) is 10.2. The van der Waals surface area contributed by atoms with Crippen molar-refractivity contribution in [2.45, 2.75) is 0 Å². The van der Waals surface area contributed by atoms with Crippen LogP contribution in [-0.4, -0.2) is 24.4 Å². The van der Waals surface area contributed by atoms with Gasteiger partial charge < -0.3 is 19.7 Å². The fraction of sp³-hybridized carbons (Fsp3) is 0.125. The standard InChI is InChI=1S/C16H14O4/c1-19-13-7-5-11(6-8-13)3-4-12-9-14(17)16(20-2)15(18)10-12/h5-10,17-18H,1-2H3. The maximum absolute atomic E-state index is 9.67. The van der Waals surface area contributed by atoms with E-state index in [9.17, 15) is 10.2 Å². The lowest BCUT2D eigenvalue weighted by Crippen LogP contribution is -1.86. The Hall–Kier alpha value is -2.80. The first-order chi connectivity index (χ1) is 9.63. The van der Waals surface area contributed by atoms with Crippen molar-refractivity contribution in [3.8, 4) is 34.8 Å². The summed E-state index contributed by atoms with van der Waals surface area (Å²) >= 11 is 0. The summed E-state index contributed by atoms with van der Waals surface area (Å²) in [7, 11) is 2.97. The molecular formula is C16H14O4. The van der Waals surface area contributed by atoms with Crippen LogP contribution in [0.25, 0.3) is 0 Å². The van der Waals surface area contributed by atoms with Crippen molar-refractivity contribution in [2.75, 3.05) is 14.2 Å². The van der Waals surface area contributed by atoms with Crippen molar-refractivity contribution in [2.24, 2.45) is 0 Å². The van der Waals surface area contributed by atoms with E-state index in [0.29, 0.717) is 5.56 Å². The van der Waals surface area contributed by atoms with Gasteiger partial charge in [-0.15, -0.1) is 0 Å². The molecule has 0 saturated carbocycles. The zero-order chi connectivity index (χ0) is 14.5. The number of benzene rings is 2. The molecule has 0 heterocycles. The highest BCUT2D eigenvalue weighted by molar-refractivity contribution is 5.57. The maximum atomic E-state index is 9.67. The lowest BCUT2D eigenvalue weighted by molar-refractivity contribution is 0.344. The van der Waals surface area contributed by atoms with Crippen LogP contribution in [-0.2, 0) is 0 Å². The lowest BCUT2D eigenvalue weighted by Gasteiger charge is -2.05. The SMILES string of the molecule is COc1ccc(C#Cc2cc(O)c(OC)c(O)c2)cc1. The van der Waals surface area contributed by atoms with Gasteiger partial charge in [0.05, 0.1) is 14.2 Å². The molecule has 2 N–H and O–H groups in total. The number of methoxy groups -OCH3 is 2. The highest BCUT2D eigenvalue weighted by Gasteiger charge is 2.08. The number of hydrogen-bond acceptors (Lipinski definition) is 4. The Bertz CT molecular complexity index is 640. The molecule has 20 heavy (non-hydrogen) atoms. The molecule has 0 spiro atoms. The number of ether oxygens (including phenoxy) is 2. The van der Waals surface area contributed by atoms with Crippen LogP contribution in [0.2, 0.25) is 0 Å². The fourth-order valence-electron chi connectivity index (χ4n) is 1.70. The van der Waals surface area contributed by atoms with Crippen molar-refractivity contribution in [1.82, 2.24) is 0 Å². The van der Waals surface area contributed by atoms with E-state index in [1.54, 1.807) is 7.11 Å². The number of phenolic OH excluding ortho intramolecular Hbond substituents is 2. The second-order valence-electron chi connectivity index (χ2n) is 4.03. The highest BCUT2D eigenvalue weighted by atomic mass is 16.5. The van der Waals surface area contributed by atoms with E-state index in [0.717, 1.165) is 11.3 Å². The van der Waals surface area contributed by atoms with Crippen LogP contribution in [0.1, 0.15) is 11.1 Å². The topological polar surface area (TPSA) is 58.9 Å². The first-order valence-corrected chi connectivity index (χ1v) is 5.90. The molecule has 102 valence electrons. The molecule has 2 aromatic rings. The maximum Gasteiger partial charge on any atom is 0.202 e. The zero-order valence-electron chi connectivity index (χ0n) is 11.2. The molecule has 0 aliphatic carbocycles. The van der Waals surface area contributed by atoms with Gasteiger partial charge >= 0.3 is 0 Å². The highest BCUT2D eigenvalue weighted by Crippen LogP contribution is 2.36. The molecule has 4 nitrogen and oxygen atoms in total. The summed E-state index contributed by atoms with van der Waals surface area (Å²) in [6.07, 6.45) is 0. The molecular weight excluding hydrogens is 256 g/mol. The van der Waals surface area contributed by atoms with Crippen LogP contribution in [0.5, 0.6) is 23.0 Å². The minimum Gasteiger partial charge on any atom is -0.504 e. The van der Waals surface area contributed by atoms with Gasteiger partial charge in [-0.05, 0) is 36.4 Å². The molecule has 0 aliphatic rings. The molecule has 0 fully saturated rings. The predicted molar refractivity (Wildman–Crippen MR) is 75.3 cm³/mol. The van der Waals surface area contributed by atoms with Crippen LogP contribution in [0.4, 0.5) is 0 Å². The van der Waals surface area contributed by atoms with Gasteiger partial charge in [-0.3, -0.25) is 0 Å². The van der Waals surface area contributed by atoms with E-state index in [1.165, 1.54) is 19.2 Å². The van der Waals surface area contributed by atoms with E-state index in [2.05, 4.69) is 11.8 Å². The molecule has 0 aromatic heterocycles. The summed E-state index contributed by atoms with van der Waals surface area (Å²) in [4.78, 5) is 0. The summed E-state index contributed by atoms with van der Waals surface area (Å²) < 4.78 is 9.92. The summed E-state index contributed by atoms with van der Waals surface area (Å²) in [6.45, 7) is 0. The molecule has 0 saturated heterocycles. The van der Waals surface area contributed by atoms with Crippen molar-refractivity contribution in [3.05, 3.63) is 47.5 Å². The second kappa shape index (κ2) is 5.89. The normalized spacial score (nSPS) is 9.50. The van der Waals surface area contributed by atoms with Gasteiger partial charge in [0, 0.05) is 11.1 Å². The molecule has 0 bridgehead atoms. The van der Waals surface area contributed by atoms with E-state index < -0.39 is 0 Å². The third-order valence-electron chi connectivity index (χ3n) is 2.70. The Labute approximate surface area is 117 Å². The zero-order valence-corrected chi connectivity index (χ0v) is 11.2. The molecule has 0 amide bonds. The molecule has 0 atom stereocenters. The van der Waals surface area contributed by atoms with Gasteiger partial charge in [-0.25, -0.2) is 0 Å². The first kappa shape index (κ1) is 13.6. The van der Waals surface area contributed by atoms with Crippen LogP contribution in [0.15, 0.2) is 36.4 Å². The third kappa shape index (κ3) is 2.96. The Balaban J connectivity index is 2.28. The molecule has 2 rings (SSSR count). The largest absolute Gasteiger partial charge is 0.504 e. The van der Waals surface area contributed by atoms with Gasteiger partial charge in [0.15, 0.2) is 11.5 Å². The van der Waals surface area contributed by atoms with Gasteiger partial charge in [-0.1, -0.05) is 11.8 Å². The number of rotatable bonds is 2. The van der Waals surface area contributed by atoms with Gasteiger partial charge in [-0.2, -0.15) is 0 Å². The van der Waals surface area contributed by atoms with Crippen molar-refractivity contribution in [1.29, 1.82) is 0 Å². The quantitative estimate of drug-likeness (QED) is 0.823. The monoisotopic (exact) mass is 270 g/mol. The Morgan fingerprint density at radius 2 is 1.35 bits per heavy atom. The average molecular weight is 270 g/mol. The van der Waals surface area contributed by atoms with Crippen molar-refractivity contribution < 1.29 is 19.7 Å². The smallest absolute Gasteiger partial charge is 0.202 e. The third-order valence-corrected chi connectivity index (χ3v) is 2.70. The molecule has 0 aliphatic heterocycles. The minimum atomic E-state index is -0.147. The Kier molecular flexibility index (Phi) is 4.02. The molecule has 0 unspecified atom stereocenters. The van der Waals surface area contributed by atoms with Crippen LogP contribution in [0, 0.1) is 11.8 Å². The Morgan fingerprint density at radius 3 is 1.85 bits per heavy atom. The summed E-state index contributed by atoms with van der Waals surface area (Å²) in [5.41, 5.74) is 1.30. The van der Waals surface area contributed by atoms with Crippen molar-refractivity contribution in [3.63, 3.8) is 0 Å². The number of phenols is 2. The summed E-state index contributed by atoms with van der Waals surface area (Å²) in [5.74, 6) is 6.31. The van der Waals surface area contributed by atoms with E-state index in [-0.39, 0.29) is 17.2 Å². The van der Waals surface area contributed by atoms with Crippen LogP contribution >= 0.6 is 0 Å². The molecule has 2 aromatic carbocycles. The van der Waals surface area contributed by atoms with Crippen LogP contribution in [0.3, 0.4) is 0 Å². The molecule has 0 radical (unpaired) electrons. The van der Waals surface area contributed by atoms with Crippen molar-refractivity contribution >= 4 is 0 Å². The van der Waals surface area contributed by atoms with Crippen LogP contribution < -0.4 is 9.47 Å². The average Bonchev–Trinajstić information content (AvgIpc) is 2.45. The number of aromatic hydroxyl groups is 2. The Morgan fingerprint density at radius 1 is 0.800 bits per heavy atom. The lowest BCUT2D eigenvalue weighted by atomic mass is 10.1. The summed E-state index contributed by atoms with van der Waals surface area (Å²) in [5, 5.41) is 19.3. The first-order valence-electron chi connectivity index (χ1n) is 5.90. The fourth-order valence-corrected chi connectivity index (χ4v) is 1.70. The van der Waals surface area contributed by atoms with E-state index >= 15 is 0 Å². The van der Waals surface area contributed by atoms with E-state index in [1.807, 2.05) is 24.3 Å².